The maximum Gasteiger partial charge on any atom is 0.530 e. The quantitative estimate of drug-likeness (QED) is 0.208. The Morgan fingerprint density at radius 2 is 1.06 bits per heavy atom. The molecule has 0 radical (unpaired) electrons. The Hall–Kier alpha value is 1.77. The van der Waals surface area contributed by atoms with Crippen molar-refractivity contribution in [2.75, 3.05) is 51.1 Å². The first-order valence-electron chi connectivity index (χ1n) is 11.6. The highest BCUT2D eigenvalue weighted by Crippen LogP contribution is 2.45. The molecule has 7 nitrogen and oxygen atoms in total. The maximum atomic E-state index is 6.78. The van der Waals surface area contributed by atoms with Gasteiger partial charge in [0, 0.05) is 56.3 Å². The molecule has 1 rings (SSSR count). The summed E-state index contributed by atoms with van der Waals surface area (Å²) in [4.78, 5) is 0. The van der Waals surface area contributed by atoms with Gasteiger partial charge in [-0.15, -0.1) is 0 Å². The summed E-state index contributed by atoms with van der Waals surface area (Å²) in [6.45, 7) is 15.4. The van der Waals surface area contributed by atoms with Crippen molar-refractivity contribution < 1.29 is 31.0 Å². The molecule has 0 spiro atoms. The van der Waals surface area contributed by atoms with Gasteiger partial charge in [-0.3, -0.25) is 0 Å². The van der Waals surface area contributed by atoms with E-state index in [1.807, 2.05) is 82.8 Å². The molecule has 1 aliphatic heterocycles. The molecular weight excluding hydrogens is 541 g/mol. The molecule has 14 heteroatoms. The van der Waals surface area contributed by atoms with E-state index in [-0.39, 0.29) is 10.9 Å². The number of rotatable bonds is 14. The van der Waals surface area contributed by atoms with Crippen LogP contribution in [0.4, 0.5) is 0 Å². The zero-order valence-corrected chi connectivity index (χ0v) is 27.1. The zero-order valence-electron chi connectivity index (χ0n) is 20.4. The summed E-state index contributed by atoms with van der Waals surface area (Å²) in [6, 6.07) is 0. The van der Waals surface area contributed by atoms with Crippen molar-refractivity contribution in [2.45, 2.75) is 65.3 Å². The Labute approximate surface area is 215 Å². The summed E-state index contributed by atoms with van der Waals surface area (Å²) >= 11 is 0. The van der Waals surface area contributed by atoms with Crippen LogP contribution in [0, 0.1) is 0 Å². The second-order valence-corrected chi connectivity index (χ2v) is 21.0. The van der Waals surface area contributed by atoms with E-state index in [1.165, 1.54) is 0 Å². The second kappa shape index (κ2) is 19.0. The Kier molecular flexibility index (Phi) is 18.8. The molecule has 32 heavy (non-hydrogen) atoms. The van der Waals surface area contributed by atoms with Crippen LogP contribution in [0.5, 0.6) is 0 Å². The average molecular weight is 583 g/mol. The molecule has 0 saturated carbocycles. The fraction of sp³-hybridized carbons (Fsp3) is 1.00. The summed E-state index contributed by atoms with van der Waals surface area (Å²) in [5.74, 6) is 1.96. The van der Waals surface area contributed by atoms with E-state index >= 15 is 0 Å². The summed E-state index contributed by atoms with van der Waals surface area (Å²) in [5, 5.41) is 0.173. The minimum Gasteiger partial charge on any atom is -0.416 e. The summed E-state index contributed by atoms with van der Waals surface area (Å²) in [6.07, 6.45) is 1.79. The lowest BCUT2D eigenvalue weighted by atomic mass is 10.5. The fourth-order valence-corrected chi connectivity index (χ4v) is 19.8. The Balaban J connectivity index is 3.23. The first-order valence-corrected chi connectivity index (χ1v) is 21.8. The van der Waals surface area contributed by atoms with Crippen LogP contribution in [0.1, 0.15) is 54.4 Å². The Morgan fingerprint density at radius 3 is 1.50 bits per heavy atom. The van der Waals surface area contributed by atoms with Crippen molar-refractivity contribution in [3.63, 3.8) is 0 Å². The summed E-state index contributed by atoms with van der Waals surface area (Å²) in [5.41, 5.74) is -0.182. The molecule has 0 aromatic carbocycles. The number of hydrogen-bond donors (Lipinski definition) is 0. The summed E-state index contributed by atoms with van der Waals surface area (Å²) in [7, 11) is 0.453. The van der Waals surface area contributed by atoms with Gasteiger partial charge in [-0.2, -0.15) is 0 Å². The predicted molar refractivity (Wildman–Crippen MR) is 148 cm³/mol. The van der Waals surface area contributed by atoms with Gasteiger partial charge in [0.25, 0.3) is 0 Å². The van der Waals surface area contributed by atoms with Gasteiger partial charge in [0.15, 0.2) is 9.76 Å². The molecule has 1 heterocycles. The van der Waals surface area contributed by atoms with Gasteiger partial charge in [-0.25, -0.2) is 0 Å². The zero-order chi connectivity index (χ0) is 23.7. The van der Waals surface area contributed by atoms with Crippen LogP contribution in [-0.2, 0) is 31.0 Å². The first-order chi connectivity index (χ1) is 15.6. The van der Waals surface area contributed by atoms with Crippen molar-refractivity contribution in [3.8, 4) is 0 Å². The van der Waals surface area contributed by atoms with Gasteiger partial charge in [0.1, 0.15) is 5.73 Å². The molecule has 0 N–H and O–H groups in total. The Bertz CT molecular complexity index is 400. The standard InChI is InChI=1S/C18H42O7S4Si3/c1-7-19-31(20-8-2,21-9-3)17-13-15-26-28-29-27-16-14-18(30-25-17)32(22-10-4,23-11-5)24-12-6/h17-18H,7-16,30H2,1-6H3. The molecule has 0 amide bonds. The van der Waals surface area contributed by atoms with Crippen LogP contribution in [0.15, 0.2) is 0 Å². The van der Waals surface area contributed by atoms with E-state index in [9.17, 15) is 0 Å². The molecule has 2 atom stereocenters. The maximum absolute atomic E-state index is 6.78. The number of hydrogen-bond acceptors (Lipinski definition) is 11. The smallest absolute Gasteiger partial charge is 0.416 e. The average Bonchev–Trinajstić information content (AvgIpc) is 2.75. The highest BCUT2D eigenvalue weighted by Gasteiger charge is 2.53. The SMILES string of the molecule is CCO[Si](OCC)(OCC)C1CCSSSSCCC([Si](OCC)(OCC)OCC)[SiH2]O1. The molecule has 192 valence electrons. The molecule has 0 bridgehead atoms. The Morgan fingerprint density at radius 1 is 0.656 bits per heavy atom. The molecule has 1 fully saturated rings. The lowest BCUT2D eigenvalue weighted by Crippen LogP contribution is -2.59. The third kappa shape index (κ3) is 10.4. The monoisotopic (exact) mass is 582 g/mol. The van der Waals surface area contributed by atoms with E-state index in [0.717, 1.165) is 24.3 Å². The normalized spacial score (nSPS) is 23.1. The van der Waals surface area contributed by atoms with E-state index in [0.29, 0.717) is 39.6 Å². The molecule has 1 saturated heterocycles. The first kappa shape index (κ1) is 31.8. The third-order valence-corrected chi connectivity index (χ3v) is 21.5. The van der Waals surface area contributed by atoms with E-state index in [4.69, 9.17) is 31.0 Å². The van der Waals surface area contributed by atoms with E-state index in [2.05, 4.69) is 0 Å². The molecule has 0 aromatic heterocycles. The highest BCUT2D eigenvalue weighted by molar-refractivity contribution is 9.26. The van der Waals surface area contributed by atoms with Crippen LogP contribution in [0.3, 0.4) is 0 Å². The van der Waals surface area contributed by atoms with Gasteiger partial charge in [0.2, 0.25) is 0 Å². The topological polar surface area (TPSA) is 64.6 Å². The van der Waals surface area contributed by atoms with E-state index < -0.39 is 27.4 Å². The van der Waals surface area contributed by atoms with Crippen LogP contribution in [0.25, 0.3) is 0 Å². The van der Waals surface area contributed by atoms with Crippen molar-refractivity contribution >= 4 is 68.6 Å². The van der Waals surface area contributed by atoms with Crippen LogP contribution in [-0.4, -0.2) is 84.2 Å². The predicted octanol–water partition coefficient (Wildman–Crippen LogP) is 4.89. The summed E-state index contributed by atoms with van der Waals surface area (Å²) < 4.78 is 44.3. The van der Waals surface area contributed by atoms with Crippen molar-refractivity contribution in [1.82, 2.24) is 0 Å². The van der Waals surface area contributed by atoms with Crippen LogP contribution in [0.2, 0.25) is 5.16 Å². The van der Waals surface area contributed by atoms with Gasteiger partial charge in [-0.1, -0.05) is 21.6 Å². The molecule has 2 unspecified atom stereocenters. The van der Waals surface area contributed by atoms with Gasteiger partial charge in [-0.05, 0) is 74.0 Å². The van der Waals surface area contributed by atoms with Crippen LogP contribution >= 0.6 is 41.2 Å². The third-order valence-electron chi connectivity index (χ3n) is 4.60. The van der Waals surface area contributed by atoms with Crippen molar-refractivity contribution in [2.24, 2.45) is 0 Å². The largest absolute Gasteiger partial charge is 0.530 e. The van der Waals surface area contributed by atoms with Gasteiger partial charge < -0.3 is 31.0 Å². The molecule has 0 aromatic rings. The minimum atomic E-state index is -2.99. The van der Waals surface area contributed by atoms with Crippen molar-refractivity contribution in [3.05, 3.63) is 0 Å². The molecule has 0 aliphatic carbocycles. The van der Waals surface area contributed by atoms with Crippen LogP contribution < -0.4 is 0 Å². The molecule has 1 aliphatic rings. The van der Waals surface area contributed by atoms with Gasteiger partial charge >= 0.3 is 17.6 Å². The lowest BCUT2D eigenvalue weighted by molar-refractivity contribution is 0.0275. The molecular formula is C18H42O7S4Si3. The minimum absolute atomic E-state index is 0.173. The fourth-order valence-electron chi connectivity index (χ4n) is 3.50. The second-order valence-electron chi connectivity index (χ2n) is 6.68. The lowest BCUT2D eigenvalue weighted by Gasteiger charge is -2.38. The van der Waals surface area contributed by atoms with Gasteiger partial charge in [0.05, 0.1) is 0 Å². The van der Waals surface area contributed by atoms with E-state index in [1.54, 1.807) is 0 Å². The van der Waals surface area contributed by atoms with Crippen molar-refractivity contribution in [1.29, 1.82) is 0 Å². The highest BCUT2D eigenvalue weighted by atomic mass is 33.7.